The number of nitrogens with zero attached hydrogens (tertiary/aromatic N) is 1. The lowest BCUT2D eigenvalue weighted by Gasteiger charge is -2.31. The van der Waals surface area contributed by atoms with Crippen LogP contribution in [-0.2, 0) is 11.3 Å². The molecule has 1 aliphatic carbocycles. The molecule has 1 aromatic carbocycles. The molecule has 0 aliphatic heterocycles. The summed E-state index contributed by atoms with van der Waals surface area (Å²) < 4.78 is 10.9. The molecule has 1 aliphatic rings. The van der Waals surface area contributed by atoms with Crippen molar-refractivity contribution in [2.75, 3.05) is 0 Å². The topological polar surface area (TPSA) is 75.7 Å². The van der Waals surface area contributed by atoms with E-state index in [1.165, 1.54) is 11.2 Å². The van der Waals surface area contributed by atoms with Gasteiger partial charge in [0.25, 0.3) is 5.91 Å². The Morgan fingerprint density at radius 1 is 1.03 bits per heavy atom. The molecule has 2 amide bonds. The summed E-state index contributed by atoms with van der Waals surface area (Å²) in [5, 5.41) is 3.16. The molecule has 6 nitrogen and oxygen atoms in total. The van der Waals surface area contributed by atoms with Gasteiger partial charge >= 0.3 is 0 Å². The second-order valence-electron chi connectivity index (χ2n) is 7.79. The van der Waals surface area contributed by atoms with Gasteiger partial charge in [-0.1, -0.05) is 42.7 Å². The Morgan fingerprint density at radius 2 is 1.73 bits per heavy atom. The first-order valence-corrected chi connectivity index (χ1v) is 10.4. The lowest BCUT2D eigenvalue weighted by Crippen LogP contribution is -2.45. The van der Waals surface area contributed by atoms with Gasteiger partial charge in [-0.15, -0.1) is 0 Å². The summed E-state index contributed by atoms with van der Waals surface area (Å²) in [5.41, 5.74) is 1.84. The number of carbonyl (C=O) groups is 2. The molecule has 6 heteroatoms. The largest absolute Gasteiger partial charge is 0.467 e. The summed E-state index contributed by atoms with van der Waals surface area (Å²) in [4.78, 5) is 28.3. The van der Waals surface area contributed by atoms with E-state index in [1.807, 2.05) is 31.2 Å². The molecule has 30 heavy (non-hydrogen) atoms. The smallest absolute Gasteiger partial charge is 0.290 e. The van der Waals surface area contributed by atoms with Crippen molar-refractivity contribution in [1.29, 1.82) is 0 Å². The average Bonchev–Trinajstić information content (AvgIpc) is 3.52. The van der Waals surface area contributed by atoms with Crippen LogP contribution in [0.15, 0.2) is 69.9 Å². The summed E-state index contributed by atoms with van der Waals surface area (Å²) in [5.74, 6) is 0.244. The molecule has 0 saturated heterocycles. The van der Waals surface area contributed by atoms with Crippen molar-refractivity contribution in [3.05, 3.63) is 83.7 Å². The van der Waals surface area contributed by atoms with E-state index in [2.05, 4.69) is 5.32 Å². The fourth-order valence-electron chi connectivity index (χ4n) is 3.96. The fourth-order valence-corrected chi connectivity index (χ4v) is 3.96. The van der Waals surface area contributed by atoms with Crippen LogP contribution in [0.2, 0.25) is 0 Å². The number of aryl methyl sites for hydroxylation is 1. The average molecular weight is 406 g/mol. The lowest BCUT2D eigenvalue weighted by atomic mass is 10.0. The van der Waals surface area contributed by atoms with Crippen LogP contribution in [0.3, 0.4) is 0 Å². The zero-order chi connectivity index (χ0) is 20.9. The third-order valence-corrected chi connectivity index (χ3v) is 5.55. The first-order chi connectivity index (χ1) is 14.6. The molecule has 4 rings (SSSR count). The minimum absolute atomic E-state index is 0.148. The van der Waals surface area contributed by atoms with E-state index in [-0.39, 0.29) is 30.2 Å². The highest BCUT2D eigenvalue weighted by atomic mass is 16.3. The van der Waals surface area contributed by atoms with E-state index in [0.29, 0.717) is 5.76 Å². The number of amides is 2. The van der Waals surface area contributed by atoms with Crippen molar-refractivity contribution in [2.45, 2.75) is 51.2 Å². The fraction of sp³-hybridized carbons (Fsp3) is 0.333. The zero-order valence-corrected chi connectivity index (χ0v) is 17.0. The van der Waals surface area contributed by atoms with Crippen LogP contribution in [0.25, 0.3) is 0 Å². The maximum Gasteiger partial charge on any atom is 0.290 e. The van der Waals surface area contributed by atoms with Crippen molar-refractivity contribution >= 4 is 11.8 Å². The standard InChI is InChI=1S/C24H26N2O4/c1-17-10-12-18(13-11-17)22(23(27)25-19-6-2-3-7-19)26(16-20-8-4-14-29-20)24(28)21-9-5-15-30-21/h4-5,8-15,19,22H,2-3,6-7,16H2,1H3,(H,25,27). The van der Waals surface area contributed by atoms with Gasteiger partial charge in [0.2, 0.25) is 5.91 Å². The molecule has 1 saturated carbocycles. The molecular weight excluding hydrogens is 380 g/mol. The van der Waals surface area contributed by atoms with Gasteiger partial charge in [-0.05, 0) is 49.6 Å². The SMILES string of the molecule is Cc1ccc(C(C(=O)NC2CCCC2)N(Cc2ccco2)C(=O)c2ccco2)cc1. The Morgan fingerprint density at radius 3 is 2.37 bits per heavy atom. The van der Waals surface area contributed by atoms with E-state index in [0.717, 1.165) is 36.8 Å². The van der Waals surface area contributed by atoms with Crippen LogP contribution in [0.4, 0.5) is 0 Å². The number of benzene rings is 1. The Hall–Kier alpha value is -3.28. The Balaban J connectivity index is 1.71. The van der Waals surface area contributed by atoms with Crippen LogP contribution in [0, 0.1) is 6.92 Å². The second-order valence-corrected chi connectivity index (χ2v) is 7.79. The van der Waals surface area contributed by atoms with Gasteiger partial charge in [-0.3, -0.25) is 9.59 Å². The summed E-state index contributed by atoms with van der Waals surface area (Å²) in [6, 6.07) is 13.9. The molecule has 156 valence electrons. The maximum atomic E-state index is 13.5. The van der Waals surface area contributed by atoms with Gasteiger partial charge in [0.1, 0.15) is 11.8 Å². The van der Waals surface area contributed by atoms with Gasteiger partial charge in [0.05, 0.1) is 19.1 Å². The summed E-state index contributed by atoms with van der Waals surface area (Å²) >= 11 is 0. The second kappa shape index (κ2) is 9.03. The van der Waals surface area contributed by atoms with Crippen LogP contribution < -0.4 is 5.32 Å². The highest BCUT2D eigenvalue weighted by Crippen LogP contribution is 2.28. The number of hydrogen-bond donors (Lipinski definition) is 1. The summed E-state index contributed by atoms with van der Waals surface area (Å²) in [6.07, 6.45) is 7.18. The van der Waals surface area contributed by atoms with Crippen LogP contribution in [0.5, 0.6) is 0 Å². The maximum absolute atomic E-state index is 13.5. The van der Waals surface area contributed by atoms with E-state index < -0.39 is 6.04 Å². The van der Waals surface area contributed by atoms with Gasteiger partial charge in [0.15, 0.2) is 5.76 Å². The minimum Gasteiger partial charge on any atom is -0.467 e. The number of nitrogens with one attached hydrogen (secondary N) is 1. The Kier molecular flexibility index (Phi) is 6.02. The summed E-state index contributed by atoms with van der Waals surface area (Å²) in [7, 11) is 0. The van der Waals surface area contributed by atoms with E-state index in [4.69, 9.17) is 8.83 Å². The number of rotatable bonds is 7. The first-order valence-electron chi connectivity index (χ1n) is 10.4. The Labute approximate surface area is 175 Å². The molecule has 1 fully saturated rings. The summed E-state index contributed by atoms with van der Waals surface area (Å²) in [6.45, 7) is 2.15. The molecule has 1 atom stereocenters. The minimum atomic E-state index is -0.797. The Bertz CT molecular complexity index is 955. The number of carbonyl (C=O) groups excluding carboxylic acids is 2. The molecule has 3 aromatic rings. The van der Waals surface area contributed by atoms with E-state index >= 15 is 0 Å². The predicted molar refractivity (Wildman–Crippen MR) is 112 cm³/mol. The molecule has 0 radical (unpaired) electrons. The van der Waals surface area contributed by atoms with Gasteiger partial charge in [-0.2, -0.15) is 0 Å². The predicted octanol–water partition coefficient (Wildman–Crippen LogP) is 4.62. The van der Waals surface area contributed by atoms with Crippen LogP contribution in [-0.4, -0.2) is 22.8 Å². The van der Waals surface area contributed by atoms with Crippen molar-refractivity contribution in [2.24, 2.45) is 0 Å². The molecule has 2 heterocycles. The van der Waals surface area contributed by atoms with Crippen molar-refractivity contribution in [3.63, 3.8) is 0 Å². The normalized spacial score (nSPS) is 15.1. The highest BCUT2D eigenvalue weighted by molar-refractivity contribution is 5.96. The van der Waals surface area contributed by atoms with Crippen molar-refractivity contribution in [3.8, 4) is 0 Å². The first kappa shape index (κ1) is 20.0. The quantitative estimate of drug-likeness (QED) is 0.621. The lowest BCUT2D eigenvalue weighted by molar-refractivity contribution is -0.126. The van der Waals surface area contributed by atoms with Crippen molar-refractivity contribution in [1.82, 2.24) is 10.2 Å². The van der Waals surface area contributed by atoms with Crippen LogP contribution >= 0.6 is 0 Å². The molecule has 0 bridgehead atoms. The van der Waals surface area contributed by atoms with Gasteiger partial charge in [-0.25, -0.2) is 0 Å². The van der Waals surface area contributed by atoms with Crippen LogP contribution in [0.1, 0.15) is 59.2 Å². The highest BCUT2D eigenvalue weighted by Gasteiger charge is 2.35. The number of furan rings is 2. The van der Waals surface area contributed by atoms with Crippen molar-refractivity contribution < 1.29 is 18.4 Å². The van der Waals surface area contributed by atoms with Gasteiger partial charge in [0, 0.05) is 6.04 Å². The third-order valence-electron chi connectivity index (χ3n) is 5.55. The molecule has 1 unspecified atom stereocenters. The van der Waals surface area contributed by atoms with E-state index in [9.17, 15) is 9.59 Å². The molecular formula is C24H26N2O4. The molecule has 0 spiro atoms. The zero-order valence-electron chi connectivity index (χ0n) is 17.0. The molecule has 1 N–H and O–H groups in total. The van der Waals surface area contributed by atoms with Gasteiger partial charge < -0.3 is 19.1 Å². The monoisotopic (exact) mass is 406 g/mol. The third kappa shape index (κ3) is 4.48. The van der Waals surface area contributed by atoms with E-state index in [1.54, 1.807) is 30.5 Å². The number of hydrogen-bond acceptors (Lipinski definition) is 4. The molecule has 2 aromatic heterocycles.